The molecule has 4 atom stereocenters. The van der Waals surface area contributed by atoms with Crippen LogP contribution in [0, 0.1) is 17.2 Å². The van der Waals surface area contributed by atoms with Crippen molar-refractivity contribution in [3.63, 3.8) is 0 Å². The summed E-state index contributed by atoms with van der Waals surface area (Å²) in [5.41, 5.74) is 0.601. The second-order valence-corrected chi connectivity index (χ2v) is 8.76. The van der Waals surface area contributed by atoms with E-state index in [0.29, 0.717) is 23.5 Å². The van der Waals surface area contributed by atoms with Crippen LogP contribution in [-0.4, -0.2) is 53.2 Å². The molecule has 3 aliphatic rings. The van der Waals surface area contributed by atoms with Gasteiger partial charge in [0.1, 0.15) is 11.4 Å². The average molecular weight is 497 g/mol. The zero-order chi connectivity index (χ0) is 25.9. The van der Waals surface area contributed by atoms with Crippen LogP contribution in [0.5, 0.6) is 0 Å². The number of rotatable bonds is 5. The van der Waals surface area contributed by atoms with Gasteiger partial charge in [-0.3, -0.25) is 4.99 Å². The SMILES string of the molecule is C=C/C(=N\C(C)=N/C)[C@H]1CCC(Nc2ncc(C(F)(F)F)c(C3=CNC4C=C(C#N)C=CC34)n2)CN1. The van der Waals surface area contributed by atoms with E-state index in [1.54, 1.807) is 37.6 Å². The van der Waals surface area contributed by atoms with E-state index >= 15 is 0 Å². The molecular weight excluding hydrogens is 469 g/mol. The van der Waals surface area contributed by atoms with Crippen LogP contribution >= 0.6 is 0 Å². The Balaban J connectivity index is 1.52. The third-order valence-corrected chi connectivity index (χ3v) is 6.44. The maximum absolute atomic E-state index is 13.8. The number of allylic oxidation sites excluding steroid dienone is 2. The van der Waals surface area contributed by atoms with E-state index in [1.165, 1.54) is 0 Å². The van der Waals surface area contributed by atoms with Crippen LogP contribution in [0.1, 0.15) is 31.0 Å². The van der Waals surface area contributed by atoms with E-state index in [2.05, 4.69) is 48.6 Å². The number of fused-ring (bicyclic) bond motifs is 1. The lowest BCUT2D eigenvalue weighted by Crippen LogP contribution is -2.48. The number of nitriles is 1. The molecule has 188 valence electrons. The van der Waals surface area contributed by atoms with Gasteiger partial charge in [-0.1, -0.05) is 12.7 Å². The molecule has 36 heavy (non-hydrogen) atoms. The maximum atomic E-state index is 13.8. The van der Waals surface area contributed by atoms with Gasteiger partial charge in [-0.2, -0.15) is 18.4 Å². The van der Waals surface area contributed by atoms with Gasteiger partial charge >= 0.3 is 6.18 Å². The Bertz CT molecular complexity index is 1210. The molecule has 8 nitrogen and oxygen atoms in total. The van der Waals surface area contributed by atoms with Crippen molar-refractivity contribution < 1.29 is 13.2 Å². The highest BCUT2D eigenvalue weighted by molar-refractivity contribution is 6.06. The monoisotopic (exact) mass is 496 g/mol. The van der Waals surface area contributed by atoms with Crippen molar-refractivity contribution >= 4 is 23.1 Å². The average Bonchev–Trinajstić information content (AvgIpc) is 3.30. The summed E-state index contributed by atoms with van der Waals surface area (Å²) in [6.45, 7) is 6.21. The highest BCUT2D eigenvalue weighted by Gasteiger charge is 2.40. The standard InChI is InChI=1S/C25H27F3N8/c1-4-20(34-14(2)30-3)21-8-6-16(11-31-21)35-24-33-13-19(25(26,27)28)23(36-24)18-12-32-22-9-15(10-29)5-7-17(18)22/h4-5,7,9,12-13,16-17,21-22,31-32H,1,6,8,11H2,2-3H3,(H,33,35,36)/b30-14-,34-20+/t16?,17?,21-,22?/m1/s1. The molecule has 3 heterocycles. The molecule has 1 saturated heterocycles. The van der Waals surface area contributed by atoms with Crippen molar-refractivity contribution in [1.29, 1.82) is 5.26 Å². The van der Waals surface area contributed by atoms with Gasteiger partial charge in [0.2, 0.25) is 5.95 Å². The van der Waals surface area contributed by atoms with Crippen LogP contribution in [0.3, 0.4) is 0 Å². The summed E-state index contributed by atoms with van der Waals surface area (Å²) < 4.78 is 41.5. The summed E-state index contributed by atoms with van der Waals surface area (Å²) in [5, 5.41) is 18.8. The lowest BCUT2D eigenvalue weighted by molar-refractivity contribution is -0.138. The number of alkyl halides is 3. The molecule has 1 aromatic heterocycles. The second-order valence-electron chi connectivity index (χ2n) is 8.76. The van der Waals surface area contributed by atoms with Gasteiger partial charge in [-0.05, 0) is 38.0 Å². The molecular formula is C25H27F3N8. The molecule has 11 heteroatoms. The molecule has 4 rings (SSSR count). The Morgan fingerprint density at radius 2 is 2.17 bits per heavy atom. The van der Waals surface area contributed by atoms with Gasteiger partial charge < -0.3 is 16.0 Å². The number of piperidine rings is 1. The van der Waals surface area contributed by atoms with E-state index in [0.717, 1.165) is 24.8 Å². The summed E-state index contributed by atoms with van der Waals surface area (Å²) in [6, 6.07) is 1.70. The van der Waals surface area contributed by atoms with E-state index in [4.69, 9.17) is 5.26 Å². The lowest BCUT2D eigenvalue weighted by Gasteiger charge is -2.30. The van der Waals surface area contributed by atoms with Gasteiger partial charge in [-0.25, -0.2) is 15.0 Å². The molecule has 3 N–H and O–H groups in total. The van der Waals surface area contributed by atoms with E-state index in [9.17, 15) is 13.2 Å². The van der Waals surface area contributed by atoms with Crippen LogP contribution in [0.4, 0.5) is 19.1 Å². The van der Waals surface area contributed by atoms with Crippen LogP contribution in [0.15, 0.2) is 58.8 Å². The van der Waals surface area contributed by atoms with Crippen molar-refractivity contribution in [3.05, 3.63) is 60.1 Å². The molecule has 0 saturated carbocycles. The number of aromatic nitrogens is 2. The third-order valence-electron chi connectivity index (χ3n) is 6.44. The Morgan fingerprint density at radius 3 is 2.81 bits per heavy atom. The predicted molar refractivity (Wildman–Crippen MR) is 133 cm³/mol. The molecule has 0 radical (unpaired) electrons. The first-order valence-corrected chi connectivity index (χ1v) is 11.6. The van der Waals surface area contributed by atoms with Gasteiger partial charge in [-0.15, -0.1) is 0 Å². The number of amidine groups is 1. The fraction of sp³-hybridized carbons (Fsp3) is 0.400. The number of nitrogens with zero attached hydrogens (tertiary/aromatic N) is 5. The Morgan fingerprint density at radius 1 is 1.36 bits per heavy atom. The second kappa shape index (κ2) is 10.5. The molecule has 0 amide bonds. The minimum Gasteiger partial charge on any atom is -0.383 e. The van der Waals surface area contributed by atoms with E-state index in [-0.39, 0.29) is 35.7 Å². The van der Waals surface area contributed by atoms with Crippen molar-refractivity contribution in [3.8, 4) is 6.07 Å². The largest absolute Gasteiger partial charge is 0.419 e. The molecule has 3 unspecified atom stereocenters. The zero-order valence-corrected chi connectivity index (χ0v) is 20.0. The molecule has 2 aliphatic heterocycles. The van der Waals surface area contributed by atoms with Crippen LogP contribution < -0.4 is 16.0 Å². The number of hydrogen-bond acceptors (Lipinski definition) is 7. The van der Waals surface area contributed by atoms with Crippen LogP contribution in [-0.2, 0) is 6.18 Å². The predicted octanol–water partition coefficient (Wildman–Crippen LogP) is 3.65. The fourth-order valence-electron chi connectivity index (χ4n) is 4.51. The number of hydrogen-bond donors (Lipinski definition) is 3. The number of halogens is 3. The number of anilines is 1. The minimum atomic E-state index is -4.61. The Kier molecular flexibility index (Phi) is 7.35. The maximum Gasteiger partial charge on any atom is 0.419 e. The van der Waals surface area contributed by atoms with Crippen LogP contribution in [0.25, 0.3) is 5.57 Å². The first kappa shape index (κ1) is 25.3. The van der Waals surface area contributed by atoms with Crippen molar-refractivity contribution in [2.45, 2.75) is 44.1 Å². The highest BCUT2D eigenvalue weighted by Crippen LogP contribution is 2.40. The van der Waals surface area contributed by atoms with E-state index < -0.39 is 11.7 Å². The summed E-state index contributed by atoms with van der Waals surface area (Å²) >= 11 is 0. The zero-order valence-electron chi connectivity index (χ0n) is 20.0. The molecule has 0 spiro atoms. The summed E-state index contributed by atoms with van der Waals surface area (Å²) in [4.78, 5) is 16.8. The molecule has 1 aromatic rings. The number of aliphatic imine (C=N–C) groups is 2. The normalized spacial score (nSPS) is 26.3. The molecule has 1 fully saturated rings. The smallest absolute Gasteiger partial charge is 0.383 e. The third kappa shape index (κ3) is 5.39. The summed E-state index contributed by atoms with van der Waals surface area (Å²) in [7, 11) is 1.68. The first-order valence-electron chi connectivity index (χ1n) is 11.6. The van der Waals surface area contributed by atoms with Gasteiger partial charge in [0.25, 0.3) is 0 Å². The van der Waals surface area contributed by atoms with Gasteiger partial charge in [0.15, 0.2) is 0 Å². The fourth-order valence-corrected chi connectivity index (χ4v) is 4.51. The van der Waals surface area contributed by atoms with Crippen molar-refractivity contribution in [2.24, 2.45) is 15.9 Å². The van der Waals surface area contributed by atoms with E-state index in [1.807, 2.05) is 6.92 Å². The summed E-state index contributed by atoms with van der Waals surface area (Å²) in [6.07, 6.45) is 6.03. The van der Waals surface area contributed by atoms with Crippen molar-refractivity contribution in [2.75, 3.05) is 18.9 Å². The number of nitrogens with one attached hydrogen (secondary N) is 3. The minimum absolute atomic E-state index is 0.0115. The van der Waals surface area contributed by atoms with Crippen molar-refractivity contribution in [1.82, 2.24) is 20.6 Å². The quantitative estimate of drug-likeness (QED) is 0.424. The van der Waals surface area contributed by atoms with Crippen LogP contribution in [0.2, 0.25) is 0 Å². The summed E-state index contributed by atoms with van der Waals surface area (Å²) in [5.74, 6) is 0.421. The van der Waals surface area contributed by atoms with Gasteiger partial charge in [0, 0.05) is 55.1 Å². The molecule has 1 aliphatic carbocycles. The topological polar surface area (TPSA) is 110 Å². The van der Waals surface area contributed by atoms with Gasteiger partial charge in [0.05, 0.1) is 23.5 Å². The molecule has 0 bridgehead atoms. The Labute approximate surface area is 207 Å². The highest BCUT2D eigenvalue weighted by atomic mass is 19.4. The first-order chi connectivity index (χ1) is 17.2. The molecule has 0 aromatic carbocycles. The Hall–Kier alpha value is -3.78. The lowest BCUT2D eigenvalue weighted by atomic mass is 9.86.